The van der Waals surface area contributed by atoms with E-state index in [-0.39, 0.29) is 11.6 Å². The minimum absolute atomic E-state index is 0.109. The van der Waals surface area contributed by atoms with Gasteiger partial charge in [0.2, 0.25) is 0 Å². The van der Waals surface area contributed by atoms with Crippen molar-refractivity contribution in [2.24, 2.45) is 5.73 Å². The second kappa shape index (κ2) is 7.18. The SMILES string of the molecule is CC(C)(C)OC(=O)N1CCN(CCCC2(N)CCCC2)CC1. The van der Waals surface area contributed by atoms with Crippen LogP contribution in [0.2, 0.25) is 0 Å². The molecular weight excluding hydrogens is 278 g/mol. The molecule has 0 radical (unpaired) electrons. The zero-order chi connectivity index (χ0) is 16.2. The number of ether oxygens (including phenoxy) is 1. The van der Waals surface area contributed by atoms with Crippen LogP contribution < -0.4 is 5.73 Å². The van der Waals surface area contributed by atoms with Gasteiger partial charge < -0.3 is 15.4 Å². The van der Waals surface area contributed by atoms with E-state index in [0.29, 0.717) is 0 Å². The molecular formula is C17H33N3O2. The van der Waals surface area contributed by atoms with Crippen LogP contribution in [-0.4, -0.2) is 59.8 Å². The Hall–Kier alpha value is -0.810. The molecule has 0 aromatic rings. The largest absolute Gasteiger partial charge is 0.444 e. The van der Waals surface area contributed by atoms with Crippen LogP contribution in [0.5, 0.6) is 0 Å². The summed E-state index contributed by atoms with van der Waals surface area (Å²) in [6.45, 7) is 10.2. The summed E-state index contributed by atoms with van der Waals surface area (Å²) in [6.07, 6.45) is 7.11. The molecule has 22 heavy (non-hydrogen) atoms. The fourth-order valence-corrected chi connectivity index (χ4v) is 3.46. The topological polar surface area (TPSA) is 58.8 Å². The number of nitrogens with two attached hydrogens (primary N) is 1. The highest BCUT2D eigenvalue weighted by molar-refractivity contribution is 5.68. The average molecular weight is 311 g/mol. The highest BCUT2D eigenvalue weighted by atomic mass is 16.6. The first-order valence-electron chi connectivity index (χ1n) is 8.77. The molecule has 0 bridgehead atoms. The van der Waals surface area contributed by atoms with Crippen LogP contribution in [0.3, 0.4) is 0 Å². The lowest BCUT2D eigenvalue weighted by molar-refractivity contribution is 0.0143. The van der Waals surface area contributed by atoms with Gasteiger partial charge in [-0.25, -0.2) is 4.79 Å². The third-order valence-corrected chi connectivity index (χ3v) is 4.77. The second-order valence-corrected chi connectivity index (χ2v) is 7.98. The van der Waals surface area contributed by atoms with Crippen molar-refractivity contribution in [3.63, 3.8) is 0 Å². The highest BCUT2D eigenvalue weighted by Gasteiger charge is 2.29. The molecule has 0 atom stereocenters. The van der Waals surface area contributed by atoms with Crippen molar-refractivity contribution in [2.45, 2.75) is 70.4 Å². The van der Waals surface area contributed by atoms with Gasteiger partial charge in [-0.2, -0.15) is 0 Å². The fourth-order valence-electron chi connectivity index (χ4n) is 3.46. The minimum atomic E-state index is -0.412. The first-order valence-corrected chi connectivity index (χ1v) is 8.77. The second-order valence-electron chi connectivity index (χ2n) is 7.98. The van der Waals surface area contributed by atoms with Gasteiger partial charge in [-0.05, 0) is 53.0 Å². The zero-order valence-corrected chi connectivity index (χ0v) is 14.6. The van der Waals surface area contributed by atoms with Gasteiger partial charge >= 0.3 is 6.09 Å². The quantitative estimate of drug-likeness (QED) is 0.867. The monoisotopic (exact) mass is 311 g/mol. The lowest BCUT2D eigenvalue weighted by Crippen LogP contribution is -2.50. The Labute approximate surface area is 135 Å². The van der Waals surface area contributed by atoms with E-state index in [0.717, 1.165) is 39.1 Å². The molecule has 1 aliphatic heterocycles. The number of rotatable bonds is 4. The Morgan fingerprint density at radius 3 is 2.27 bits per heavy atom. The van der Waals surface area contributed by atoms with E-state index in [4.69, 9.17) is 10.5 Å². The van der Waals surface area contributed by atoms with Gasteiger partial charge in [-0.15, -0.1) is 0 Å². The van der Waals surface area contributed by atoms with E-state index in [2.05, 4.69) is 4.90 Å². The van der Waals surface area contributed by atoms with Gasteiger partial charge in [0.05, 0.1) is 0 Å². The Balaban J connectivity index is 1.63. The molecule has 1 saturated heterocycles. The summed E-state index contributed by atoms with van der Waals surface area (Å²) in [6, 6.07) is 0. The predicted octanol–water partition coefficient (Wildman–Crippen LogP) is 2.59. The van der Waals surface area contributed by atoms with E-state index in [1.54, 1.807) is 0 Å². The molecule has 0 spiro atoms. The summed E-state index contributed by atoms with van der Waals surface area (Å²) in [7, 11) is 0. The van der Waals surface area contributed by atoms with Crippen molar-refractivity contribution in [1.29, 1.82) is 0 Å². The fraction of sp³-hybridized carbons (Fsp3) is 0.941. The summed E-state index contributed by atoms with van der Waals surface area (Å²) in [5.41, 5.74) is 6.10. The maximum absolute atomic E-state index is 12.0. The maximum atomic E-state index is 12.0. The third-order valence-electron chi connectivity index (χ3n) is 4.77. The Kier molecular flexibility index (Phi) is 5.72. The molecule has 5 heteroatoms. The van der Waals surface area contributed by atoms with Gasteiger partial charge in [0.15, 0.2) is 0 Å². The van der Waals surface area contributed by atoms with Crippen molar-refractivity contribution in [3.05, 3.63) is 0 Å². The summed E-state index contributed by atoms with van der Waals surface area (Å²) < 4.78 is 5.43. The first kappa shape index (κ1) is 17.5. The summed E-state index contributed by atoms with van der Waals surface area (Å²) in [4.78, 5) is 16.3. The van der Waals surface area contributed by atoms with Gasteiger partial charge in [0.1, 0.15) is 5.60 Å². The Bertz CT molecular complexity index is 365. The molecule has 2 N–H and O–H groups in total. The highest BCUT2D eigenvalue weighted by Crippen LogP contribution is 2.31. The maximum Gasteiger partial charge on any atom is 0.410 e. The van der Waals surface area contributed by atoms with Crippen molar-refractivity contribution in [2.75, 3.05) is 32.7 Å². The smallest absolute Gasteiger partial charge is 0.410 e. The van der Waals surface area contributed by atoms with E-state index in [1.165, 1.54) is 32.1 Å². The number of amides is 1. The number of hydrogen-bond acceptors (Lipinski definition) is 4. The van der Waals surface area contributed by atoms with Crippen molar-refractivity contribution < 1.29 is 9.53 Å². The molecule has 2 aliphatic rings. The predicted molar refractivity (Wildman–Crippen MR) is 88.9 cm³/mol. The molecule has 1 heterocycles. The van der Waals surface area contributed by atoms with Crippen LogP contribution in [0, 0.1) is 0 Å². The molecule has 128 valence electrons. The molecule has 1 saturated carbocycles. The van der Waals surface area contributed by atoms with Crippen molar-refractivity contribution in [1.82, 2.24) is 9.80 Å². The summed E-state index contributed by atoms with van der Waals surface area (Å²) >= 11 is 0. The van der Waals surface area contributed by atoms with E-state index in [1.807, 2.05) is 25.7 Å². The molecule has 0 aromatic heterocycles. The zero-order valence-electron chi connectivity index (χ0n) is 14.6. The number of hydrogen-bond donors (Lipinski definition) is 1. The van der Waals surface area contributed by atoms with Crippen LogP contribution in [0.1, 0.15) is 59.3 Å². The van der Waals surface area contributed by atoms with Gasteiger partial charge in [-0.3, -0.25) is 4.90 Å². The molecule has 2 fully saturated rings. The molecule has 0 aromatic carbocycles. The normalized spacial score (nSPS) is 22.8. The number of carbonyl (C=O) groups is 1. The van der Waals surface area contributed by atoms with Crippen molar-refractivity contribution >= 4 is 6.09 Å². The van der Waals surface area contributed by atoms with E-state index >= 15 is 0 Å². The lowest BCUT2D eigenvalue weighted by Gasteiger charge is -2.36. The summed E-state index contributed by atoms with van der Waals surface area (Å²) in [5, 5.41) is 0. The molecule has 1 amide bonds. The van der Waals surface area contributed by atoms with Gasteiger partial charge in [0.25, 0.3) is 0 Å². The van der Waals surface area contributed by atoms with Gasteiger partial charge in [-0.1, -0.05) is 12.8 Å². The van der Waals surface area contributed by atoms with Gasteiger partial charge in [0, 0.05) is 31.7 Å². The number of nitrogens with zero attached hydrogens (tertiary/aromatic N) is 2. The Morgan fingerprint density at radius 2 is 1.73 bits per heavy atom. The van der Waals surface area contributed by atoms with Crippen molar-refractivity contribution in [3.8, 4) is 0 Å². The van der Waals surface area contributed by atoms with Crippen LogP contribution >= 0.6 is 0 Å². The summed E-state index contributed by atoms with van der Waals surface area (Å²) in [5.74, 6) is 0. The van der Waals surface area contributed by atoms with Crippen LogP contribution in [0.15, 0.2) is 0 Å². The molecule has 2 rings (SSSR count). The third kappa shape index (κ3) is 5.43. The Morgan fingerprint density at radius 1 is 1.14 bits per heavy atom. The molecule has 1 aliphatic carbocycles. The van der Waals surface area contributed by atoms with E-state index in [9.17, 15) is 4.79 Å². The molecule has 0 unspecified atom stereocenters. The van der Waals surface area contributed by atoms with Crippen LogP contribution in [-0.2, 0) is 4.74 Å². The molecule has 5 nitrogen and oxygen atoms in total. The minimum Gasteiger partial charge on any atom is -0.444 e. The first-order chi connectivity index (χ1) is 10.3. The number of piperazine rings is 1. The standard InChI is InChI=1S/C17H33N3O2/c1-16(2,3)22-15(21)20-13-11-19(12-14-20)10-6-9-17(18)7-4-5-8-17/h4-14,18H2,1-3H3. The van der Waals surface area contributed by atoms with E-state index < -0.39 is 5.60 Å². The lowest BCUT2D eigenvalue weighted by atomic mass is 9.93. The van der Waals surface area contributed by atoms with Crippen LogP contribution in [0.25, 0.3) is 0 Å². The number of carbonyl (C=O) groups excluding carboxylic acids is 1. The average Bonchev–Trinajstić information content (AvgIpc) is 2.84. The van der Waals surface area contributed by atoms with Crippen LogP contribution in [0.4, 0.5) is 4.79 Å².